The molecule has 0 aromatic heterocycles. The molecule has 0 bridgehead atoms. The van der Waals surface area contributed by atoms with Crippen molar-refractivity contribution in [3.05, 3.63) is 27.3 Å². The maximum absolute atomic E-state index is 12.9. The summed E-state index contributed by atoms with van der Waals surface area (Å²) in [6.07, 6.45) is 1.57. The van der Waals surface area contributed by atoms with Gasteiger partial charge in [0.15, 0.2) is 0 Å². The van der Waals surface area contributed by atoms with Gasteiger partial charge >= 0.3 is 0 Å². The Balaban J connectivity index is 1.94. The number of benzene rings is 1. The Morgan fingerprint density at radius 2 is 2.13 bits per heavy atom. The van der Waals surface area contributed by atoms with Crippen molar-refractivity contribution in [1.82, 2.24) is 4.90 Å². The van der Waals surface area contributed by atoms with Gasteiger partial charge in [-0.1, -0.05) is 0 Å². The van der Waals surface area contributed by atoms with Crippen LogP contribution in [0.15, 0.2) is 18.2 Å². The molecule has 2 amide bonds. The molecule has 6 nitrogen and oxygen atoms in total. The van der Waals surface area contributed by atoms with E-state index in [2.05, 4.69) is 22.6 Å². The first kappa shape index (κ1) is 16.7. The standard InChI is InChI=1S/C16H19IN2O4/c1-22-7-8-23-10-19-13-5-4-11(17)9-12(13)15(20)18-6-2-3-14(18)16(19)21/h4-5,9,14H,2-3,6-8,10H2,1H3/t14-/m0/s1. The first-order valence-corrected chi connectivity index (χ1v) is 8.70. The zero-order valence-corrected chi connectivity index (χ0v) is 15.1. The van der Waals surface area contributed by atoms with Crippen LogP contribution in [0.5, 0.6) is 0 Å². The van der Waals surface area contributed by atoms with Crippen LogP contribution < -0.4 is 4.90 Å². The van der Waals surface area contributed by atoms with E-state index in [1.54, 1.807) is 16.9 Å². The molecule has 3 rings (SSSR count). The fourth-order valence-corrected chi connectivity index (χ4v) is 3.56. The summed E-state index contributed by atoms with van der Waals surface area (Å²) in [6.45, 7) is 1.64. The molecule has 1 atom stereocenters. The summed E-state index contributed by atoms with van der Waals surface area (Å²) in [4.78, 5) is 29.0. The Hall–Kier alpha value is -1.19. The first-order chi connectivity index (χ1) is 11.1. The van der Waals surface area contributed by atoms with E-state index in [4.69, 9.17) is 9.47 Å². The molecule has 23 heavy (non-hydrogen) atoms. The maximum atomic E-state index is 12.9. The lowest BCUT2D eigenvalue weighted by molar-refractivity contribution is -0.123. The lowest BCUT2D eigenvalue weighted by Crippen LogP contribution is -2.45. The average Bonchev–Trinajstić information content (AvgIpc) is 3.01. The van der Waals surface area contributed by atoms with Gasteiger partial charge in [-0.2, -0.15) is 0 Å². The summed E-state index contributed by atoms with van der Waals surface area (Å²) in [5.74, 6) is -0.123. The van der Waals surface area contributed by atoms with Crippen LogP contribution in [-0.2, 0) is 14.3 Å². The van der Waals surface area contributed by atoms with Crippen LogP contribution >= 0.6 is 22.6 Å². The normalized spacial score (nSPS) is 20.5. The minimum atomic E-state index is -0.376. The van der Waals surface area contributed by atoms with Crippen LogP contribution in [0.2, 0.25) is 0 Å². The van der Waals surface area contributed by atoms with Crippen molar-refractivity contribution in [2.45, 2.75) is 18.9 Å². The minimum Gasteiger partial charge on any atom is -0.382 e. The molecule has 1 aromatic carbocycles. The van der Waals surface area contributed by atoms with Crippen LogP contribution in [-0.4, -0.2) is 56.4 Å². The molecule has 0 radical (unpaired) electrons. The van der Waals surface area contributed by atoms with Gasteiger partial charge in [0.25, 0.3) is 11.8 Å². The van der Waals surface area contributed by atoms with Crippen molar-refractivity contribution in [2.75, 3.05) is 38.5 Å². The molecule has 2 aliphatic heterocycles. The molecule has 1 fully saturated rings. The molecule has 0 spiro atoms. The smallest absolute Gasteiger partial charge is 0.256 e. The molecule has 2 heterocycles. The number of methoxy groups -OCH3 is 1. The summed E-state index contributed by atoms with van der Waals surface area (Å²) in [5.41, 5.74) is 1.21. The number of nitrogens with zero attached hydrogens (tertiary/aromatic N) is 2. The highest BCUT2D eigenvalue weighted by atomic mass is 127. The molecule has 1 aromatic rings. The monoisotopic (exact) mass is 430 g/mol. The summed E-state index contributed by atoms with van der Waals surface area (Å²) in [6, 6.07) is 5.19. The van der Waals surface area contributed by atoms with Crippen molar-refractivity contribution in [3.63, 3.8) is 0 Å². The number of ether oxygens (including phenoxy) is 2. The lowest BCUT2D eigenvalue weighted by atomic mass is 10.1. The largest absolute Gasteiger partial charge is 0.382 e. The van der Waals surface area contributed by atoms with Crippen LogP contribution in [0.1, 0.15) is 23.2 Å². The molecular weight excluding hydrogens is 411 g/mol. The lowest BCUT2D eigenvalue weighted by Gasteiger charge is -2.25. The van der Waals surface area contributed by atoms with Gasteiger partial charge in [0, 0.05) is 17.2 Å². The first-order valence-electron chi connectivity index (χ1n) is 7.62. The zero-order valence-electron chi connectivity index (χ0n) is 13.0. The Labute approximate surface area is 148 Å². The average molecular weight is 430 g/mol. The van der Waals surface area contributed by atoms with Gasteiger partial charge in [-0.05, 0) is 53.6 Å². The van der Waals surface area contributed by atoms with E-state index in [0.29, 0.717) is 37.4 Å². The van der Waals surface area contributed by atoms with E-state index in [1.807, 2.05) is 18.2 Å². The number of hydrogen-bond acceptors (Lipinski definition) is 4. The molecule has 0 N–H and O–H groups in total. The number of anilines is 1. The molecule has 7 heteroatoms. The third-order valence-electron chi connectivity index (χ3n) is 4.20. The van der Waals surface area contributed by atoms with E-state index in [9.17, 15) is 9.59 Å². The van der Waals surface area contributed by atoms with Crippen molar-refractivity contribution >= 4 is 40.1 Å². The van der Waals surface area contributed by atoms with Crippen molar-refractivity contribution in [1.29, 1.82) is 0 Å². The van der Waals surface area contributed by atoms with Crippen LogP contribution in [0.3, 0.4) is 0 Å². The number of halogens is 1. The SMILES string of the molecule is COCCOCN1C(=O)[C@@H]2CCCN2C(=O)c2cc(I)ccc21. The van der Waals surface area contributed by atoms with Crippen LogP contribution in [0.25, 0.3) is 0 Å². The Bertz CT molecular complexity index is 622. The Morgan fingerprint density at radius 1 is 1.30 bits per heavy atom. The summed E-state index contributed by atoms with van der Waals surface area (Å²) >= 11 is 2.18. The second-order valence-electron chi connectivity index (χ2n) is 5.61. The number of amides is 2. The summed E-state index contributed by atoms with van der Waals surface area (Å²) in [7, 11) is 1.60. The third kappa shape index (κ3) is 3.22. The molecule has 2 aliphatic rings. The van der Waals surface area contributed by atoms with Gasteiger partial charge in [-0.25, -0.2) is 0 Å². The predicted molar refractivity (Wildman–Crippen MR) is 93.4 cm³/mol. The highest BCUT2D eigenvalue weighted by molar-refractivity contribution is 14.1. The van der Waals surface area contributed by atoms with Crippen LogP contribution in [0.4, 0.5) is 5.69 Å². The highest BCUT2D eigenvalue weighted by Gasteiger charge is 2.42. The molecule has 0 unspecified atom stereocenters. The zero-order chi connectivity index (χ0) is 16.4. The molecule has 124 valence electrons. The van der Waals surface area contributed by atoms with Gasteiger partial charge in [-0.15, -0.1) is 0 Å². The molecule has 1 saturated heterocycles. The van der Waals surface area contributed by atoms with Crippen LogP contribution in [0, 0.1) is 3.57 Å². The Morgan fingerprint density at radius 3 is 2.91 bits per heavy atom. The van der Waals surface area contributed by atoms with E-state index in [-0.39, 0.29) is 24.6 Å². The van der Waals surface area contributed by atoms with Crippen molar-refractivity contribution < 1.29 is 19.1 Å². The minimum absolute atomic E-state index is 0.0613. The van der Waals surface area contributed by atoms with Gasteiger partial charge in [0.05, 0.1) is 24.5 Å². The van der Waals surface area contributed by atoms with Gasteiger partial charge in [-0.3, -0.25) is 14.5 Å². The second-order valence-corrected chi connectivity index (χ2v) is 6.86. The van der Waals surface area contributed by atoms with Gasteiger partial charge in [0.2, 0.25) is 0 Å². The molecule has 0 aliphatic carbocycles. The quantitative estimate of drug-likeness (QED) is 0.529. The number of hydrogen-bond donors (Lipinski definition) is 0. The van der Waals surface area contributed by atoms with Gasteiger partial charge in [0.1, 0.15) is 12.8 Å². The van der Waals surface area contributed by atoms with E-state index < -0.39 is 0 Å². The number of fused-ring (bicyclic) bond motifs is 2. The third-order valence-corrected chi connectivity index (χ3v) is 4.87. The number of carbonyl (C=O) groups is 2. The van der Waals surface area contributed by atoms with Crippen molar-refractivity contribution in [3.8, 4) is 0 Å². The van der Waals surface area contributed by atoms with E-state index >= 15 is 0 Å². The maximum Gasteiger partial charge on any atom is 0.256 e. The Kier molecular flexibility index (Phi) is 5.17. The highest BCUT2D eigenvalue weighted by Crippen LogP contribution is 2.33. The van der Waals surface area contributed by atoms with E-state index in [0.717, 1.165) is 9.99 Å². The second kappa shape index (κ2) is 7.14. The summed E-state index contributed by atoms with van der Waals surface area (Å²) in [5, 5.41) is 0. The van der Waals surface area contributed by atoms with E-state index in [1.165, 1.54) is 0 Å². The predicted octanol–water partition coefficient (Wildman–Crippen LogP) is 1.86. The number of carbonyl (C=O) groups excluding carboxylic acids is 2. The summed E-state index contributed by atoms with van der Waals surface area (Å²) < 4.78 is 11.5. The molecule has 0 saturated carbocycles. The molecular formula is C16H19IN2O4. The fourth-order valence-electron chi connectivity index (χ4n) is 3.07. The van der Waals surface area contributed by atoms with Gasteiger partial charge < -0.3 is 14.4 Å². The fraction of sp³-hybridized carbons (Fsp3) is 0.500. The number of rotatable bonds is 5. The topological polar surface area (TPSA) is 59.1 Å². The van der Waals surface area contributed by atoms with Crippen molar-refractivity contribution in [2.24, 2.45) is 0 Å².